The first-order valence-electron chi connectivity index (χ1n) is 11.3. The maximum atomic E-state index is 12.3. The lowest BCUT2D eigenvalue weighted by molar-refractivity contribution is -0.291. The van der Waals surface area contributed by atoms with Gasteiger partial charge >= 0.3 is 11.9 Å². The van der Waals surface area contributed by atoms with Crippen molar-refractivity contribution < 1.29 is 44.2 Å². The minimum absolute atomic E-state index is 0.216. The average Bonchev–Trinajstić information content (AvgIpc) is 2.86. The minimum atomic E-state index is -1.65. The molecule has 9 nitrogen and oxygen atoms in total. The third-order valence-corrected chi connectivity index (χ3v) is 5.14. The minimum Gasteiger partial charge on any atom is -0.466 e. The summed E-state index contributed by atoms with van der Waals surface area (Å²) >= 11 is 0. The van der Waals surface area contributed by atoms with Crippen molar-refractivity contribution in [2.24, 2.45) is 0 Å². The van der Waals surface area contributed by atoms with E-state index in [1.807, 2.05) is 44.2 Å². The predicted molar refractivity (Wildman–Crippen MR) is 134 cm³/mol. The summed E-state index contributed by atoms with van der Waals surface area (Å²) in [5.74, 6) is -1.15. The molecule has 1 aliphatic heterocycles. The molecule has 1 rings (SSSR count). The zero-order valence-electron chi connectivity index (χ0n) is 21.2. The van der Waals surface area contributed by atoms with Gasteiger partial charge in [-0.3, -0.25) is 0 Å². The van der Waals surface area contributed by atoms with Crippen molar-refractivity contribution in [3.63, 3.8) is 0 Å². The fourth-order valence-corrected chi connectivity index (χ4v) is 2.87. The average molecular weight is 505 g/mol. The Labute approximate surface area is 211 Å². The number of aliphatic hydroxyl groups excluding tert-OH is 4. The summed E-state index contributed by atoms with van der Waals surface area (Å²) < 4.78 is 14.9. The van der Waals surface area contributed by atoms with Crippen molar-refractivity contribution in [2.45, 2.75) is 58.4 Å². The van der Waals surface area contributed by atoms with Gasteiger partial charge in [-0.05, 0) is 27.7 Å². The van der Waals surface area contributed by atoms with Gasteiger partial charge in [-0.15, -0.1) is 0 Å². The molecule has 0 amide bonds. The summed E-state index contributed by atoms with van der Waals surface area (Å²) in [5.41, 5.74) is 2.62. The second-order valence-corrected chi connectivity index (χ2v) is 8.22. The maximum Gasteiger partial charge on any atom is 0.336 e. The summed E-state index contributed by atoms with van der Waals surface area (Å²) in [5, 5.41) is 38.7. The van der Waals surface area contributed by atoms with Gasteiger partial charge in [0.2, 0.25) is 6.29 Å². The van der Waals surface area contributed by atoms with Crippen LogP contribution in [0, 0.1) is 0 Å². The van der Waals surface area contributed by atoms with Crippen LogP contribution in [0.1, 0.15) is 27.7 Å². The Hall–Kier alpha value is -3.08. The van der Waals surface area contributed by atoms with Gasteiger partial charge in [-0.25, -0.2) is 9.59 Å². The highest BCUT2D eigenvalue weighted by Crippen LogP contribution is 2.22. The summed E-state index contributed by atoms with van der Waals surface area (Å²) in [6, 6.07) is 0. The number of ether oxygens (including phenoxy) is 3. The Morgan fingerprint density at radius 2 is 1.25 bits per heavy atom. The highest BCUT2D eigenvalue weighted by Gasteiger charge is 2.45. The van der Waals surface area contributed by atoms with Crippen molar-refractivity contribution in [1.29, 1.82) is 0 Å². The van der Waals surface area contributed by atoms with Crippen LogP contribution in [0.25, 0.3) is 0 Å². The zero-order chi connectivity index (χ0) is 27.3. The number of aliphatic hydroxyl groups is 4. The Morgan fingerprint density at radius 3 is 1.72 bits per heavy atom. The number of hydrogen-bond donors (Lipinski definition) is 4. The molecular weight excluding hydrogens is 468 g/mol. The summed E-state index contributed by atoms with van der Waals surface area (Å²) in [7, 11) is 1.34. The van der Waals surface area contributed by atoms with E-state index in [1.54, 1.807) is 31.2 Å². The molecule has 0 aromatic carbocycles. The van der Waals surface area contributed by atoms with Crippen molar-refractivity contribution in [1.82, 2.24) is 0 Å². The van der Waals surface area contributed by atoms with E-state index in [4.69, 9.17) is 9.47 Å². The number of carbonyl (C=O) groups is 2. The molecule has 1 aliphatic rings. The van der Waals surface area contributed by atoms with E-state index in [0.29, 0.717) is 5.57 Å². The molecule has 36 heavy (non-hydrogen) atoms. The third kappa shape index (κ3) is 10.3. The van der Waals surface area contributed by atoms with E-state index < -0.39 is 43.3 Å². The quantitative estimate of drug-likeness (QED) is 0.199. The number of methoxy groups -OCH3 is 1. The van der Waals surface area contributed by atoms with Gasteiger partial charge < -0.3 is 34.6 Å². The number of esters is 2. The van der Waals surface area contributed by atoms with Crippen molar-refractivity contribution >= 4 is 11.9 Å². The van der Waals surface area contributed by atoms with Gasteiger partial charge in [-0.1, -0.05) is 71.9 Å². The third-order valence-electron chi connectivity index (χ3n) is 5.14. The van der Waals surface area contributed by atoms with Gasteiger partial charge in [-0.2, -0.15) is 0 Å². The molecule has 0 spiro atoms. The van der Waals surface area contributed by atoms with Gasteiger partial charge in [0.1, 0.15) is 24.4 Å². The fourth-order valence-electron chi connectivity index (χ4n) is 2.87. The molecule has 4 N–H and O–H groups in total. The lowest BCUT2D eigenvalue weighted by Gasteiger charge is -2.39. The number of rotatable bonds is 10. The van der Waals surface area contributed by atoms with Crippen LogP contribution in [0.15, 0.2) is 83.1 Å². The Kier molecular flexibility index (Phi) is 13.6. The molecule has 0 saturated carbocycles. The monoisotopic (exact) mass is 504 g/mol. The van der Waals surface area contributed by atoms with E-state index >= 15 is 0 Å². The highest BCUT2D eigenvalue weighted by molar-refractivity contribution is 5.88. The molecule has 1 fully saturated rings. The van der Waals surface area contributed by atoms with Crippen molar-refractivity contribution in [3.05, 3.63) is 83.1 Å². The maximum absolute atomic E-state index is 12.3. The molecule has 1 heterocycles. The van der Waals surface area contributed by atoms with E-state index in [2.05, 4.69) is 4.74 Å². The highest BCUT2D eigenvalue weighted by atomic mass is 16.7. The topological polar surface area (TPSA) is 143 Å². The first kappa shape index (κ1) is 31.0. The van der Waals surface area contributed by atoms with Gasteiger partial charge in [0.05, 0.1) is 13.7 Å². The van der Waals surface area contributed by atoms with Crippen LogP contribution in [0.2, 0.25) is 0 Å². The number of carbonyl (C=O) groups excluding carboxylic acids is 2. The lowest BCUT2D eigenvalue weighted by atomic mass is 9.99. The van der Waals surface area contributed by atoms with E-state index in [9.17, 15) is 30.0 Å². The zero-order valence-corrected chi connectivity index (χ0v) is 21.2. The van der Waals surface area contributed by atoms with Crippen LogP contribution in [0.4, 0.5) is 0 Å². The standard InChI is InChI=1S/C27H36O9/c1-17(12-8-14-19(3)25(32)34-5)10-6-7-11-18(2)13-9-15-20(4)26(33)36-27-24(31)23(30)22(29)21(16-28)35-27/h6-15,21-24,27-31H,16H2,1-5H3/b7-6+,12-8+,13-9+,17-10+,18-11+,19-14+,20-15+. The van der Waals surface area contributed by atoms with Crippen LogP contribution in [-0.2, 0) is 23.8 Å². The molecule has 198 valence electrons. The molecule has 1 saturated heterocycles. The van der Waals surface area contributed by atoms with E-state index in [1.165, 1.54) is 20.1 Å². The number of allylic oxidation sites excluding steroid dienone is 12. The van der Waals surface area contributed by atoms with Crippen LogP contribution in [0.5, 0.6) is 0 Å². The molecule has 0 aliphatic carbocycles. The molecule has 0 radical (unpaired) electrons. The van der Waals surface area contributed by atoms with Gasteiger partial charge in [0, 0.05) is 11.1 Å². The van der Waals surface area contributed by atoms with Crippen LogP contribution < -0.4 is 0 Å². The van der Waals surface area contributed by atoms with Gasteiger partial charge in [0.15, 0.2) is 0 Å². The second kappa shape index (κ2) is 15.8. The van der Waals surface area contributed by atoms with Crippen molar-refractivity contribution in [2.75, 3.05) is 13.7 Å². The van der Waals surface area contributed by atoms with E-state index in [0.717, 1.165) is 11.1 Å². The van der Waals surface area contributed by atoms with Crippen LogP contribution >= 0.6 is 0 Å². The van der Waals surface area contributed by atoms with Crippen LogP contribution in [-0.4, -0.2) is 76.8 Å². The number of hydrogen-bond acceptors (Lipinski definition) is 9. The first-order valence-corrected chi connectivity index (χ1v) is 11.3. The second-order valence-electron chi connectivity index (χ2n) is 8.22. The molecular formula is C27H36O9. The Morgan fingerprint density at radius 1 is 0.750 bits per heavy atom. The molecule has 5 atom stereocenters. The SMILES string of the molecule is COC(=O)/C(C)=C/C=C/C(C)=C/C=C/C=C(C)/C=C/C=C(\C)C(=O)OC1OC(CO)C(O)C(O)C1O. The Bertz CT molecular complexity index is 964. The lowest BCUT2D eigenvalue weighted by Crippen LogP contribution is -2.59. The van der Waals surface area contributed by atoms with Gasteiger partial charge in [0.25, 0.3) is 0 Å². The Balaban J connectivity index is 2.64. The summed E-state index contributed by atoms with van der Waals surface area (Å²) in [6.45, 7) is 6.38. The smallest absolute Gasteiger partial charge is 0.336 e. The van der Waals surface area contributed by atoms with Crippen LogP contribution in [0.3, 0.4) is 0 Å². The van der Waals surface area contributed by atoms with E-state index in [-0.39, 0.29) is 11.5 Å². The normalized spacial score (nSPS) is 26.8. The fraction of sp³-hybridized carbons (Fsp3) is 0.407. The first-order chi connectivity index (χ1) is 17.0. The molecule has 5 unspecified atom stereocenters. The predicted octanol–water partition coefficient (Wildman–Crippen LogP) is 1.96. The summed E-state index contributed by atoms with van der Waals surface area (Å²) in [4.78, 5) is 23.6. The van der Waals surface area contributed by atoms with Crippen molar-refractivity contribution in [3.8, 4) is 0 Å². The molecule has 0 bridgehead atoms. The summed E-state index contributed by atoms with van der Waals surface area (Å²) in [6.07, 6.45) is 10.3. The molecule has 9 heteroatoms. The molecule has 0 aromatic rings. The largest absolute Gasteiger partial charge is 0.466 e. The molecule has 0 aromatic heterocycles.